The lowest BCUT2D eigenvalue weighted by Gasteiger charge is -2.17. The summed E-state index contributed by atoms with van der Waals surface area (Å²) in [5.41, 5.74) is 3.70. The van der Waals surface area contributed by atoms with E-state index in [0.29, 0.717) is 13.0 Å². The van der Waals surface area contributed by atoms with Crippen LogP contribution in [0.3, 0.4) is 0 Å². The van der Waals surface area contributed by atoms with E-state index in [9.17, 15) is 14.9 Å². The van der Waals surface area contributed by atoms with Crippen molar-refractivity contribution in [3.8, 4) is 0 Å². The fraction of sp³-hybridized carbons (Fsp3) is 0.200. The number of pyridine rings is 1. The van der Waals surface area contributed by atoms with Gasteiger partial charge in [0.05, 0.1) is 4.92 Å². The zero-order valence-electron chi connectivity index (χ0n) is 17.8. The van der Waals surface area contributed by atoms with Crippen LogP contribution in [0.25, 0.3) is 10.9 Å². The van der Waals surface area contributed by atoms with Gasteiger partial charge in [0.1, 0.15) is 0 Å². The Hall–Kier alpha value is -4.00. The number of non-ortho nitro benzene ring substituents is 1. The third-order valence-electron chi connectivity index (χ3n) is 5.61. The first kappa shape index (κ1) is 21.2. The number of carbonyl (C=O) groups is 1. The molecule has 4 rings (SSSR count). The molecule has 0 aliphatic carbocycles. The normalized spacial score (nSPS) is 11.9. The third-order valence-corrected chi connectivity index (χ3v) is 5.61. The van der Waals surface area contributed by atoms with Crippen LogP contribution in [0.5, 0.6) is 0 Å². The maximum Gasteiger partial charge on any atom is 0.269 e. The van der Waals surface area contributed by atoms with Crippen molar-refractivity contribution < 1.29 is 9.72 Å². The number of hydrogen-bond acceptors (Lipinski definition) is 4. The first-order valence-corrected chi connectivity index (χ1v) is 10.5. The van der Waals surface area contributed by atoms with Gasteiger partial charge in [0.2, 0.25) is 5.91 Å². The Morgan fingerprint density at radius 3 is 2.72 bits per heavy atom. The molecule has 0 unspecified atom stereocenters. The molecule has 1 N–H and O–H groups in total. The maximum absolute atomic E-state index is 12.9. The van der Waals surface area contributed by atoms with Crippen molar-refractivity contribution in [3.05, 3.63) is 106 Å². The molecule has 0 saturated heterocycles. The highest BCUT2D eigenvalue weighted by Crippen LogP contribution is 2.35. The molecule has 7 nitrogen and oxygen atoms in total. The van der Waals surface area contributed by atoms with Gasteiger partial charge in [0.25, 0.3) is 5.69 Å². The average Bonchev–Trinajstić information content (AvgIpc) is 3.15. The molecule has 2 aromatic heterocycles. The zero-order valence-corrected chi connectivity index (χ0v) is 17.8. The topological polar surface area (TPSA) is 90.1 Å². The van der Waals surface area contributed by atoms with E-state index >= 15 is 0 Å². The Bertz CT molecular complexity index is 1250. The van der Waals surface area contributed by atoms with Crippen LogP contribution >= 0.6 is 0 Å². The van der Waals surface area contributed by atoms with Crippen LogP contribution in [0.15, 0.2) is 79.1 Å². The number of carbonyl (C=O) groups excluding carboxylic acids is 1. The molecule has 0 aliphatic rings. The molecule has 2 heterocycles. The van der Waals surface area contributed by atoms with Crippen LogP contribution in [0.1, 0.15) is 29.2 Å². The summed E-state index contributed by atoms with van der Waals surface area (Å²) in [6.45, 7) is 0.479. The Balaban J connectivity index is 1.61. The van der Waals surface area contributed by atoms with E-state index in [4.69, 9.17) is 0 Å². The molecule has 1 atom stereocenters. The van der Waals surface area contributed by atoms with Gasteiger partial charge in [-0.2, -0.15) is 0 Å². The summed E-state index contributed by atoms with van der Waals surface area (Å²) in [5, 5.41) is 15.4. The molecular formula is C25H24N4O3. The molecule has 7 heteroatoms. The molecule has 2 aromatic carbocycles. The van der Waals surface area contributed by atoms with Crippen molar-refractivity contribution in [1.29, 1.82) is 0 Å². The Kier molecular flexibility index (Phi) is 6.26. The number of amides is 1. The van der Waals surface area contributed by atoms with E-state index in [2.05, 4.69) is 10.3 Å². The van der Waals surface area contributed by atoms with E-state index in [-0.39, 0.29) is 23.9 Å². The number of para-hydroxylation sites is 1. The highest BCUT2D eigenvalue weighted by atomic mass is 16.6. The second-order valence-electron chi connectivity index (χ2n) is 7.74. The van der Waals surface area contributed by atoms with Gasteiger partial charge in [-0.05, 0) is 29.3 Å². The van der Waals surface area contributed by atoms with E-state index in [1.54, 1.807) is 18.3 Å². The highest BCUT2D eigenvalue weighted by molar-refractivity contribution is 5.86. The van der Waals surface area contributed by atoms with Crippen LogP contribution in [0, 0.1) is 10.1 Å². The number of benzene rings is 2. The van der Waals surface area contributed by atoms with Crippen molar-refractivity contribution in [2.24, 2.45) is 7.05 Å². The van der Waals surface area contributed by atoms with Crippen LogP contribution in [-0.2, 0) is 18.3 Å². The number of hydrogen-bond donors (Lipinski definition) is 1. The molecule has 0 saturated carbocycles. The lowest BCUT2D eigenvalue weighted by Crippen LogP contribution is -2.27. The number of rotatable bonds is 8. The fourth-order valence-electron chi connectivity index (χ4n) is 4.05. The van der Waals surface area contributed by atoms with Crippen molar-refractivity contribution in [3.63, 3.8) is 0 Å². The SMILES string of the molecule is Cn1cc([C@H](CC(=O)NCCc2ccccn2)c2cccc([N+](=O)[O-])c2)c2ccccc21. The first-order valence-electron chi connectivity index (χ1n) is 10.5. The summed E-state index contributed by atoms with van der Waals surface area (Å²) in [7, 11) is 1.96. The Morgan fingerprint density at radius 1 is 1.12 bits per heavy atom. The van der Waals surface area contributed by atoms with E-state index in [1.165, 1.54) is 6.07 Å². The molecule has 4 aromatic rings. The van der Waals surface area contributed by atoms with Gasteiger partial charge in [-0.15, -0.1) is 0 Å². The molecule has 0 spiro atoms. The van der Waals surface area contributed by atoms with Crippen molar-refractivity contribution >= 4 is 22.5 Å². The molecule has 0 bridgehead atoms. The van der Waals surface area contributed by atoms with Crippen LogP contribution < -0.4 is 5.32 Å². The van der Waals surface area contributed by atoms with Crippen LogP contribution in [0.4, 0.5) is 5.69 Å². The minimum absolute atomic E-state index is 0.0169. The minimum Gasteiger partial charge on any atom is -0.356 e. The lowest BCUT2D eigenvalue weighted by molar-refractivity contribution is -0.384. The predicted octanol–water partition coefficient (Wildman–Crippen LogP) is 4.36. The zero-order chi connectivity index (χ0) is 22.5. The molecule has 162 valence electrons. The molecule has 0 radical (unpaired) electrons. The summed E-state index contributed by atoms with van der Waals surface area (Å²) >= 11 is 0. The standard InChI is InChI=1S/C25H24N4O3/c1-28-17-23(21-10-2-3-11-24(21)28)22(18-7-6-9-20(15-18)29(31)32)16-25(30)27-14-12-19-8-4-5-13-26-19/h2-11,13,15,17,22H,12,14,16H2,1H3,(H,27,30)/t22-/m1/s1. The van der Waals surface area contributed by atoms with Gasteiger partial charge < -0.3 is 9.88 Å². The maximum atomic E-state index is 12.9. The van der Waals surface area contributed by atoms with Gasteiger partial charge in [-0.3, -0.25) is 19.9 Å². The fourth-order valence-corrected chi connectivity index (χ4v) is 4.05. The molecule has 0 aliphatic heterocycles. The van der Waals surface area contributed by atoms with Gasteiger partial charge in [-0.1, -0.05) is 36.4 Å². The van der Waals surface area contributed by atoms with E-state index < -0.39 is 4.92 Å². The number of nitrogens with one attached hydrogen (secondary N) is 1. The van der Waals surface area contributed by atoms with E-state index in [1.807, 2.05) is 66.3 Å². The molecule has 1 amide bonds. The number of nitro benzene ring substituents is 1. The largest absolute Gasteiger partial charge is 0.356 e. The average molecular weight is 428 g/mol. The summed E-state index contributed by atoms with van der Waals surface area (Å²) in [5.74, 6) is -0.416. The number of aromatic nitrogens is 2. The number of nitrogens with zero attached hydrogens (tertiary/aromatic N) is 3. The van der Waals surface area contributed by atoms with Crippen molar-refractivity contribution in [2.45, 2.75) is 18.8 Å². The molecule has 0 fully saturated rings. The second-order valence-corrected chi connectivity index (χ2v) is 7.74. The number of nitro groups is 1. The van der Waals surface area contributed by atoms with Gasteiger partial charge in [0.15, 0.2) is 0 Å². The summed E-state index contributed by atoms with van der Waals surface area (Å²) < 4.78 is 2.02. The van der Waals surface area contributed by atoms with Gasteiger partial charge in [0, 0.05) is 73.5 Å². The summed E-state index contributed by atoms with van der Waals surface area (Å²) in [4.78, 5) is 28.1. The minimum atomic E-state index is -0.406. The monoisotopic (exact) mass is 428 g/mol. The highest BCUT2D eigenvalue weighted by Gasteiger charge is 2.23. The quantitative estimate of drug-likeness (QED) is 0.333. The Labute approximate surface area is 185 Å². The molecule has 32 heavy (non-hydrogen) atoms. The molecular weight excluding hydrogens is 404 g/mol. The predicted molar refractivity (Wildman–Crippen MR) is 123 cm³/mol. The Morgan fingerprint density at radius 2 is 1.94 bits per heavy atom. The summed E-state index contributed by atoms with van der Waals surface area (Å²) in [6.07, 6.45) is 4.57. The summed E-state index contributed by atoms with van der Waals surface area (Å²) in [6, 6.07) is 20.2. The smallest absolute Gasteiger partial charge is 0.269 e. The van der Waals surface area contributed by atoms with Gasteiger partial charge in [-0.25, -0.2) is 0 Å². The van der Waals surface area contributed by atoms with Crippen molar-refractivity contribution in [2.75, 3.05) is 6.54 Å². The number of fused-ring (bicyclic) bond motifs is 1. The third kappa shape index (κ3) is 4.67. The van der Waals surface area contributed by atoms with Crippen molar-refractivity contribution in [1.82, 2.24) is 14.9 Å². The van der Waals surface area contributed by atoms with E-state index in [0.717, 1.165) is 27.7 Å². The lowest BCUT2D eigenvalue weighted by atomic mass is 9.87. The van der Waals surface area contributed by atoms with Crippen LogP contribution in [-0.4, -0.2) is 26.9 Å². The number of aryl methyl sites for hydroxylation is 1. The first-order chi connectivity index (χ1) is 15.5. The second kappa shape index (κ2) is 9.43. The van der Waals surface area contributed by atoms with Crippen LogP contribution in [0.2, 0.25) is 0 Å². The van der Waals surface area contributed by atoms with Gasteiger partial charge >= 0.3 is 0 Å².